The Hall–Kier alpha value is -2.20. The van der Waals surface area contributed by atoms with Crippen molar-refractivity contribution in [2.75, 3.05) is 6.79 Å². The molecule has 0 fully saturated rings. The molecule has 2 aromatic rings. The van der Waals surface area contributed by atoms with Crippen LogP contribution in [0.15, 0.2) is 42.5 Å². The molecule has 0 aliphatic carbocycles. The minimum atomic E-state index is -0.184. The highest BCUT2D eigenvalue weighted by molar-refractivity contribution is 5.47. The van der Waals surface area contributed by atoms with Gasteiger partial charge in [0.1, 0.15) is 11.9 Å². The lowest BCUT2D eigenvalue weighted by atomic mass is 10.0. The van der Waals surface area contributed by atoms with Crippen LogP contribution in [-0.2, 0) is 0 Å². The summed E-state index contributed by atoms with van der Waals surface area (Å²) in [5.74, 6) is 2.19. The fraction of sp³-hybridized carbons (Fsp3) is 0.294. The van der Waals surface area contributed by atoms with Gasteiger partial charge < -0.3 is 19.9 Å². The first kappa shape index (κ1) is 13.8. The van der Waals surface area contributed by atoms with Crippen molar-refractivity contribution in [2.24, 2.45) is 5.73 Å². The number of fused-ring (bicyclic) bond motifs is 1. The summed E-state index contributed by atoms with van der Waals surface area (Å²) in [7, 11) is 0. The average molecular weight is 285 g/mol. The zero-order chi connectivity index (χ0) is 14.8. The van der Waals surface area contributed by atoms with Crippen molar-refractivity contribution in [1.82, 2.24) is 0 Å². The van der Waals surface area contributed by atoms with Crippen LogP contribution in [0.25, 0.3) is 0 Å². The van der Waals surface area contributed by atoms with Crippen LogP contribution in [-0.4, -0.2) is 12.9 Å². The van der Waals surface area contributed by atoms with E-state index in [0.717, 1.165) is 17.1 Å². The molecule has 2 aromatic carbocycles. The summed E-state index contributed by atoms with van der Waals surface area (Å²) >= 11 is 0. The van der Waals surface area contributed by atoms with Crippen LogP contribution in [0.4, 0.5) is 0 Å². The molecule has 0 spiro atoms. The van der Waals surface area contributed by atoms with E-state index in [1.807, 2.05) is 37.3 Å². The predicted molar refractivity (Wildman–Crippen MR) is 80.8 cm³/mol. The van der Waals surface area contributed by atoms with Gasteiger partial charge in [-0.3, -0.25) is 0 Å². The summed E-state index contributed by atoms with van der Waals surface area (Å²) in [4.78, 5) is 0. The second kappa shape index (κ2) is 5.66. The fourth-order valence-electron chi connectivity index (χ4n) is 2.30. The average Bonchev–Trinajstić information content (AvgIpc) is 2.95. The van der Waals surface area contributed by atoms with Gasteiger partial charge in [-0.25, -0.2) is 0 Å². The molecule has 0 aromatic heterocycles. The van der Waals surface area contributed by atoms with Crippen LogP contribution < -0.4 is 19.9 Å². The van der Waals surface area contributed by atoms with Gasteiger partial charge in [0.05, 0.1) is 6.04 Å². The molecule has 0 saturated heterocycles. The summed E-state index contributed by atoms with van der Waals surface area (Å²) in [5, 5.41) is 0. The highest BCUT2D eigenvalue weighted by atomic mass is 16.7. The van der Waals surface area contributed by atoms with Gasteiger partial charge in [-0.05, 0) is 31.5 Å². The minimum absolute atomic E-state index is 0.145. The SMILES string of the molecule is Cc1ccc(C(N)C(C)Oc2ccc3c(c2)OCO3)cc1. The highest BCUT2D eigenvalue weighted by Crippen LogP contribution is 2.35. The van der Waals surface area contributed by atoms with Gasteiger partial charge >= 0.3 is 0 Å². The first-order valence-corrected chi connectivity index (χ1v) is 7.02. The summed E-state index contributed by atoms with van der Waals surface area (Å²) in [6.45, 7) is 4.29. The zero-order valence-corrected chi connectivity index (χ0v) is 12.2. The molecule has 1 aliphatic rings. The molecule has 2 unspecified atom stereocenters. The van der Waals surface area contributed by atoms with Gasteiger partial charge in [-0.15, -0.1) is 0 Å². The van der Waals surface area contributed by atoms with E-state index in [1.165, 1.54) is 5.56 Å². The molecule has 21 heavy (non-hydrogen) atoms. The van der Waals surface area contributed by atoms with Gasteiger partial charge in [0.25, 0.3) is 0 Å². The summed E-state index contributed by atoms with van der Waals surface area (Å²) in [6, 6.07) is 13.6. The first-order chi connectivity index (χ1) is 10.1. The summed E-state index contributed by atoms with van der Waals surface area (Å²) < 4.78 is 16.6. The quantitative estimate of drug-likeness (QED) is 0.937. The van der Waals surface area contributed by atoms with Crippen molar-refractivity contribution in [1.29, 1.82) is 0 Å². The maximum atomic E-state index is 6.27. The standard InChI is InChI=1S/C17H19NO3/c1-11-3-5-13(6-4-11)17(18)12(2)21-14-7-8-15-16(9-14)20-10-19-15/h3-9,12,17H,10,18H2,1-2H3. The normalized spacial score (nSPS) is 15.6. The molecular weight excluding hydrogens is 266 g/mol. The molecular formula is C17H19NO3. The van der Waals surface area contributed by atoms with E-state index >= 15 is 0 Å². The molecule has 110 valence electrons. The third-order valence-corrected chi connectivity index (χ3v) is 3.63. The lowest BCUT2D eigenvalue weighted by Crippen LogP contribution is -2.28. The predicted octanol–water partition coefficient (Wildman–Crippen LogP) is 3.19. The van der Waals surface area contributed by atoms with Gasteiger partial charge in [-0.2, -0.15) is 0 Å². The van der Waals surface area contributed by atoms with Crippen molar-refractivity contribution < 1.29 is 14.2 Å². The fourth-order valence-corrected chi connectivity index (χ4v) is 2.30. The Morgan fingerprint density at radius 1 is 1.05 bits per heavy atom. The first-order valence-electron chi connectivity index (χ1n) is 7.02. The molecule has 2 atom stereocenters. The van der Waals surface area contributed by atoms with Crippen LogP contribution in [0, 0.1) is 6.92 Å². The summed E-state index contributed by atoms with van der Waals surface area (Å²) in [5.41, 5.74) is 8.55. The van der Waals surface area contributed by atoms with Crippen molar-refractivity contribution >= 4 is 0 Å². The molecule has 0 amide bonds. The molecule has 4 heteroatoms. The number of benzene rings is 2. The van der Waals surface area contributed by atoms with Gasteiger partial charge in [0.2, 0.25) is 6.79 Å². The molecule has 0 radical (unpaired) electrons. The number of hydrogen-bond donors (Lipinski definition) is 1. The Labute approximate surface area is 124 Å². The largest absolute Gasteiger partial charge is 0.489 e. The molecule has 3 rings (SSSR count). The van der Waals surface area contributed by atoms with E-state index in [4.69, 9.17) is 19.9 Å². The Morgan fingerprint density at radius 2 is 1.76 bits per heavy atom. The summed E-state index contributed by atoms with van der Waals surface area (Å²) in [6.07, 6.45) is -0.145. The van der Waals surface area contributed by atoms with Gasteiger partial charge in [0, 0.05) is 6.07 Å². The third kappa shape index (κ3) is 2.95. The molecule has 1 aliphatic heterocycles. The van der Waals surface area contributed by atoms with Crippen molar-refractivity contribution in [3.8, 4) is 17.2 Å². The van der Waals surface area contributed by atoms with Crippen LogP contribution >= 0.6 is 0 Å². The van der Waals surface area contributed by atoms with Crippen LogP contribution in [0.3, 0.4) is 0 Å². The topological polar surface area (TPSA) is 53.7 Å². The Morgan fingerprint density at radius 3 is 2.52 bits per heavy atom. The monoisotopic (exact) mass is 285 g/mol. The number of ether oxygens (including phenoxy) is 3. The van der Waals surface area contributed by atoms with E-state index in [9.17, 15) is 0 Å². The van der Waals surface area contributed by atoms with E-state index in [2.05, 4.69) is 19.1 Å². The number of nitrogens with two attached hydrogens (primary N) is 1. The number of aryl methyl sites for hydroxylation is 1. The molecule has 0 saturated carbocycles. The van der Waals surface area contributed by atoms with E-state index in [1.54, 1.807) is 0 Å². The number of hydrogen-bond acceptors (Lipinski definition) is 4. The van der Waals surface area contributed by atoms with E-state index < -0.39 is 0 Å². The molecule has 4 nitrogen and oxygen atoms in total. The molecule has 2 N–H and O–H groups in total. The Balaban J connectivity index is 1.70. The third-order valence-electron chi connectivity index (χ3n) is 3.63. The molecule has 0 bridgehead atoms. The maximum Gasteiger partial charge on any atom is 0.231 e. The van der Waals surface area contributed by atoms with Gasteiger partial charge in [0.15, 0.2) is 11.5 Å². The highest BCUT2D eigenvalue weighted by Gasteiger charge is 2.19. The second-order valence-electron chi connectivity index (χ2n) is 5.27. The smallest absolute Gasteiger partial charge is 0.231 e. The van der Waals surface area contributed by atoms with Crippen molar-refractivity contribution in [3.05, 3.63) is 53.6 Å². The lowest BCUT2D eigenvalue weighted by molar-refractivity contribution is 0.172. The molecule has 1 heterocycles. The van der Waals surface area contributed by atoms with E-state index in [0.29, 0.717) is 5.75 Å². The zero-order valence-electron chi connectivity index (χ0n) is 12.2. The van der Waals surface area contributed by atoms with Crippen LogP contribution in [0.5, 0.6) is 17.2 Å². The Kier molecular flexibility index (Phi) is 3.71. The van der Waals surface area contributed by atoms with E-state index in [-0.39, 0.29) is 18.9 Å². The minimum Gasteiger partial charge on any atom is -0.489 e. The lowest BCUT2D eigenvalue weighted by Gasteiger charge is -2.22. The van der Waals surface area contributed by atoms with Crippen LogP contribution in [0.2, 0.25) is 0 Å². The number of rotatable bonds is 4. The van der Waals surface area contributed by atoms with Crippen molar-refractivity contribution in [2.45, 2.75) is 26.0 Å². The Bertz CT molecular complexity index is 624. The maximum absolute atomic E-state index is 6.27. The van der Waals surface area contributed by atoms with Crippen LogP contribution in [0.1, 0.15) is 24.1 Å². The van der Waals surface area contributed by atoms with Crippen molar-refractivity contribution in [3.63, 3.8) is 0 Å². The second-order valence-corrected chi connectivity index (χ2v) is 5.27. The van der Waals surface area contributed by atoms with Gasteiger partial charge in [-0.1, -0.05) is 29.8 Å².